The van der Waals surface area contributed by atoms with E-state index in [2.05, 4.69) is 21.9 Å². The molecule has 2 atom stereocenters. The van der Waals surface area contributed by atoms with Gasteiger partial charge in [0.05, 0.1) is 18.7 Å². The molecule has 4 rings (SSSR count). The predicted molar refractivity (Wildman–Crippen MR) is 132 cm³/mol. The van der Waals surface area contributed by atoms with Gasteiger partial charge in [0.1, 0.15) is 22.5 Å². The smallest absolute Gasteiger partial charge is 0.407 e. The Morgan fingerprint density at radius 1 is 1.34 bits per heavy atom. The second-order valence-electron chi connectivity index (χ2n) is 8.87. The summed E-state index contributed by atoms with van der Waals surface area (Å²) < 4.78 is 10.4. The van der Waals surface area contributed by atoms with Crippen molar-refractivity contribution >= 4 is 28.3 Å². The van der Waals surface area contributed by atoms with Crippen LogP contribution in [0.2, 0.25) is 0 Å². The van der Waals surface area contributed by atoms with E-state index in [4.69, 9.17) is 9.26 Å². The van der Waals surface area contributed by atoms with Gasteiger partial charge < -0.3 is 19.9 Å². The summed E-state index contributed by atoms with van der Waals surface area (Å²) in [4.78, 5) is 25.8. The highest BCUT2D eigenvalue weighted by Crippen LogP contribution is 2.39. The van der Waals surface area contributed by atoms with Gasteiger partial charge in [-0.3, -0.25) is 4.79 Å². The maximum absolute atomic E-state index is 12.7. The largest absolute Gasteiger partial charge is 0.449 e. The molecule has 2 aromatic heterocycles. The monoisotopic (exact) mass is 492 g/mol. The lowest BCUT2D eigenvalue weighted by Crippen LogP contribution is -2.27. The fourth-order valence-corrected chi connectivity index (χ4v) is 5.60. The van der Waals surface area contributed by atoms with Gasteiger partial charge in [0.25, 0.3) is 0 Å². The Hall–Kier alpha value is -3.64. The van der Waals surface area contributed by atoms with Crippen molar-refractivity contribution in [3.63, 3.8) is 0 Å². The number of hydrogen-bond donors (Lipinski definition) is 2. The van der Waals surface area contributed by atoms with E-state index in [1.54, 1.807) is 13.0 Å². The van der Waals surface area contributed by atoms with Crippen LogP contribution in [0.15, 0.2) is 40.9 Å². The first kappa shape index (κ1) is 24.5. The molecule has 9 heteroatoms. The predicted octanol–water partition coefficient (Wildman–Crippen LogP) is 5.08. The maximum Gasteiger partial charge on any atom is 0.407 e. The number of alkyl carbamates (subject to hydrolysis) is 1. The third-order valence-corrected chi connectivity index (χ3v) is 7.30. The first-order chi connectivity index (χ1) is 16.9. The Kier molecular flexibility index (Phi) is 7.83. The molecule has 1 aromatic carbocycles. The number of nitriles is 1. The van der Waals surface area contributed by atoms with Crippen LogP contribution in [0.4, 0.5) is 9.80 Å². The molecular formula is C26H28N4O4S. The van der Waals surface area contributed by atoms with E-state index < -0.39 is 6.09 Å². The number of carbonyl (C=O) groups excluding carboxylic acids is 2. The summed E-state index contributed by atoms with van der Waals surface area (Å²) in [5, 5.41) is 19.8. The van der Waals surface area contributed by atoms with Gasteiger partial charge in [-0.05, 0) is 49.1 Å². The Morgan fingerprint density at radius 2 is 2.14 bits per heavy atom. The fourth-order valence-electron chi connectivity index (χ4n) is 4.27. The van der Waals surface area contributed by atoms with Crippen LogP contribution >= 0.6 is 11.3 Å². The number of anilines is 1. The standard InChI is InChI=1S/C26H28N4O4S/c1-16(19-6-4-3-5-7-19)10-24(31)29-25-22(13-27)21-9-8-18(12-23(21)35-25)15-33-26(32)28-14-20-11-17(2)34-30-20/h3-7,11,16,18H,8-10,12,14-15H2,1-2H3,(H,28,32)(H,29,31). The molecule has 182 valence electrons. The van der Waals surface area contributed by atoms with Gasteiger partial charge in [-0.15, -0.1) is 11.3 Å². The van der Waals surface area contributed by atoms with Gasteiger partial charge in [0, 0.05) is 17.4 Å². The number of carbonyl (C=O) groups is 2. The van der Waals surface area contributed by atoms with E-state index in [0.29, 0.717) is 41.5 Å². The molecule has 2 N–H and O–H groups in total. The zero-order valence-corrected chi connectivity index (χ0v) is 20.6. The zero-order valence-electron chi connectivity index (χ0n) is 19.8. The van der Waals surface area contributed by atoms with Crippen molar-refractivity contribution < 1.29 is 18.8 Å². The van der Waals surface area contributed by atoms with E-state index >= 15 is 0 Å². The highest BCUT2D eigenvalue weighted by atomic mass is 32.1. The number of ether oxygens (including phenoxy) is 1. The second kappa shape index (κ2) is 11.2. The van der Waals surface area contributed by atoms with Crippen LogP contribution in [0.3, 0.4) is 0 Å². The molecular weight excluding hydrogens is 464 g/mol. The number of hydrogen-bond acceptors (Lipinski definition) is 7. The number of thiophene rings is 1. The minimum atomic E-state index is -0.499. The molecule has 2 unspecified atom stereocenters. The first-order valence-corrected chi connectivity index (χ1v) is 12.5. The lowest BCUT2D eigenvalue weighted by Gasteiger charge is -2.21. The Morgan fingerprint density at radius 3 is 2.86 bits per heavy atom. The zero-order chi connectivity index (χ0) is 24.8. The van der Waals surface area contributed by atoms with E-state index in [1.807, 2.05) is 37.3 Å². The minimum absolute atomic E-state index is 0.0808. The lowest BCUT2D eigenvalue weighted by atomic mass is 9.88. The van der Waals surface area contributed by atoms with Crippen LogP contribution in [-0.4, -0.2) is 23.8 Å². The van der Waals surface area contributed by atoms with Crippen molar-refractivity contribution in [3.8, 4) is 6.07 Å². The second-order valence-corrected chi connectivity index (χ2v) is 9.98. The summed E-state index contributed by atoms with van der Waals surface area (Å²) in [5.74, 6) is 0.823. The third kappa shape index (κ3) is 6.28. The third-order valence-electron chi connectivity index (χ3n) is 6.13. The normalized spacial score (nSPS) is 15.5. The average molecular weight is 493 g/mol. The summed E-state index contributed by atoms with van der Waals surface area (Å²) >= 11 is 1.46. The van der Waals surface area contributed by atoms with Gasteiger partial charge in [0.15, 0.2) is 0 Å². The summed E-state index contributed by atoms with van der Waals surface area (Å²) in [6.45, 7) is 4.34. The minimum Gasteiger partial charge on any atom is -0.449 e. The Labute approximate surface area is 208 Å². The number of amides is 2. The van der Waals surface area contributed by atoms with Crippen LogP contribution in [-0.2, 0) is 28.9 Å². The van der Waals surface area contributed by atoms with Crippen molar-refractivity contribution in [1.29, 1.82) is 5.26 Å². The number of rotatable bonds is 8. The van der Waals surface area contributed by atoms with Crippen molar-refractivity contribution in [3.05, 3.63) is 69.4 Å². The van der Waals surface area contributed by atoms with E-state index in [9.17, 15) is 14.9 Å². The number of nitrogens with zero attached hydrogens (tertiary/aromatic N) is 2. The fraction of sp³-hybridized carbons (Fsp3) is 0.385. The molecule has 0 saturated heterocycles. The maximum atomic E-state index is 12.7. The summed E-state index contributed by atoms with van der Waals surface area (Å²) in [5.41, 5.74) is 3.31. The van der Waals surface area contributed by atoms with Gasteiger partial charge in [-0.25, -0.2) is 4.79 Å². The highest BCUT2D eigenvalue weighted by Gasteiger charge is 2.27. The molecule has 35 heavy (non-hydrogen) atoms. The molecule has 0 saturated carbocycles. The molecule has 2 amide bonds. The number of nitrogens with one attached hydrogen (secondary N) is 2. The first-order valence-electron chi connectivity index (χ1n) is 11.6. The van der Waals surface area contributed by atoms with Crippen LogP contribution in [0, 0.1) is 24.2 Å². The van der Waals surface area contributed by atoms with Crippen molar-refractivity contribution in [2.45, 2.75) is 52.0 Å². The van der Waals surface area contributed by atoms with Crippen LogP contribution in [0.1, 0.15) is 58.7 Å². The molecule has 0 radical (unpaired) electrons. The molecule has 8 nitrogen and oxygen atoms in total. The van der Waals surface area contributed by atoms with E-state index in [0.717, 1.165) is 28.8 Å². The van der Waals surface area contributed by atoms with E-state index in [-0.39, 0.29) is 24.3 Å². The van der Waals surface area contributed by atoms with Crippen LogP contribution in [0.25, 0.3) is 0 Å². The van der Waals surface area contributed by atoms with Gasteiger partial charge >= 0.3 is 6.09 Å². The highest BCUT2D eigenvalue weighted by molar-refractivity contribution is 7.16. The van der Waals surface area contributed by atoms with Crippen molar-refractivity contribution in [2.75, 3.05) is 11.9 Å². The molecule has 3 aromatic rings. The van der Waals surface area contributed by atoms with Gasteiger partial charge in [-0.2, -0.15) is 5.26 Å². The Balaban J connectivity index is 1.30. The molecule has 1 aliphatic carbocycles. The quantitative estimate of drug-likeness (QED) is 0.453. The molecule has 0 aliphatic heterocycles. The van der Waals surface area contributed by atoms with Crippen LogP contribution < -0.4 is 10.6 Å². The van der Waals surface area contributed by atoms with E-state index in [1.165, 1.54) is 11.3 Å². The summed E-state index contributed by atoms with van der Waals surface area (Å²) in [6.07, 6.45) is 2.09. The average Bonchev–Trinajstić information content (AvgIpc) is 3.43. The topological polar surface area (TPSA) is 117 Å². The number of aryl methyl sites for hydroxylation is 1. The van der Waals surface area contributed by atoms with Crippen LogP contribution in [0.5, 0.6) is 0 Å². The number of benzene rings is 1. The molecule has 0 spiro atoms. The summed E-state index contributed by atoms with van der Waals surface area (Å²) in [7, 11) is 0. The molecule has 0 fully saturated rings. The van der Waals surface area contributed by atoms with Crippen molar-refractivity contribution in [1.82, 2.24) is 10.5 Å². The SMILES string of the molecule is Cc1cc(CNC(=O)OCC2CCc3c(sc(NC(=O)CC(C)c4ccccc4)c3C#N)C2)no1. The molecule has 1 aliphatic rings. The number of fused-ring (bicyclic) bond motifs is 1. The van der Waals surface area contributed by atoms with Gasteiger partial charge in [0.2, 0.25) is 5.91 Å². The molecule has 2 heterocycles. The summed E-state index contributed by atoms with van der Waals surface area (Å²) in [6, 6.07) is 13.9. The lowest BCUT2D eigenvalue weighted by molar-refractivity contribution is -0.116. The number of aromatic nitrogens is 1. The van der Waals surface area contributed by atoms with Crippen molar-refractivity contribution in [2.24, 2.45) is 5.92 Å². The Bertz CT molecular complexity index is 1230. The molecule has 0 bridgehead atoms. The van der Waals surface area contributed by atoms with Gasteiger partial charge in [-0.1, -0.05) is 42.4 Å².